The molecule has 0 aromatic carbocycles. The second-order valence-electron chi connectivity index (χ2n) is 9.52. The van der Waals surface area contributed by atoms with Crippen LogP contribution in [0.25, 0.3) is 0 Å². The monoisotopic (exact) mass is 404 g/mol. The van der Waals surface area contributed by atoms with Crippen molar-refractivity contribution in [2.24, 2.45) is 10.8 Å². The highest BCUT2D eigenvalue weighted by Crippen LogP contribution is 2.53. The normalized spacial score (nSPS) is 24.4. The minimum atomic E-state index is -0.0695. The molecule has 4 nitrogen and oxygen atoms in total. The third-order valence-corrected chi connectivity index (χ3v) is 7.38. The van der Waals surface area contributed by atoms with Crippen molar-refractivity contribution >= 4 is 0 Å². The quantitative estimate of drug-likeness (QED) is 0.499. The highest BCUT2D eigenvalue weighted by atomic mass is 16.5. The first-order chi connectivity index (χ1) is 14.1. The molecule has 29 heavy (non-hydrogen) atoms. The van der Waals surface area contributed by atoms with E-state index in [2.05, 4.69) is 35.8 Å². The summed E-state index contributed by atoms with van der Waals surface area (Å²) in [4.78, 5) is 5.32. The summed E-state index contributed by atoms with van der Waals surface area (Å²) in [6.07, 6.45) is 16.0. The summed E-state index contributed by atoms with van der Waals surface area (Å²) in [5.74, 6) is 2.30. The number of nitrogens with zero attached hydrogens (tertiary/aromatic N) is 2. The van der Waals surface area contributed by atoms with Gasteiger partial charge in [-0.2, -0.15) is 0 Å². The third kappa shape index (κ3) is 5.02. The van der Waals surface area contributed by atoms with Gasteiger partial charge in [-0.15, -0.1) is 0 Å². The van der Waals surface area contributed by atoms with Crippen molar-refractivity contribution in [3.05, 3.63) is 23.7 Å². The molecule has 0 bridgehead atoms. The average molecular weight is 405 g/mol. The predicted molar refractivity (Wildman–Crippen MR) is 121 cm³/mol. The molecular formula is C25H44N2O2. The van der Waals surface area contributed by atoms with E-state index < -0.39 is 0 Å². The first kappa shape index (κ1) is 22.7. The first-order valence-corrected chi connectivity index (χ1v) is 12.1. The average Bonchev–Trinajstić information content (AvgIpc) is 3.13. The molecule has 2 saturated heterocycles. The number of hydrogen-bond acceptors (Lipinski definition) is 4. The van der Waals surface area contributed by atoms with Crippen LogP contribution in [0.1, 0.15) is 71.6 Å². The molecule has 2 fully saturated rings. The Morgan fingerprint density at radius 3 is 1.97 bits per heavy atom. The fourth-order valence-electron chi connectivity index (χ4n) is 6.01. The summed E-state index contributed by atoms with van der Waals surface area (Å²) >= 11 is 0. The molecule has 0 unspecified atom stereocenters. The maximum absolute atomic E-state index is 6.04. The van der Waals surface area contributed by atoms with Crippen LogP contribution in [0.5, 0.6) is 0 Å². The van der Waals surface area contributed by atoms with E-state index in [1.54, 1.807) is 0 Å². The number of hydrogen-bond donors (Lipinski definition) is 0. The second-order valence-corrected chi connectivity index (χ2v) is 9.52. The Balaban J connectivity index is 1.67. The summed E-state index contributed by atoms with van der Waals surface area (Å²) in [7, 11) is 3.70. The van der Waals surface area contributed by atoms with E-state index in [9.17, 15) is 0 Å². The van der Waals surface area contributed by atoms with Crippen molar-refractivity contribution in [3.8, 4) is 0 Å². The number of methoxy groups -OCH3 is 2. The van der Waals surface area contributed by atoms with Crippen molar-refractivity contribution in [1.29, 1.82) is 0 Å². The fourth-order valence-corrected chi connectivity index (χ4v) is 6.01. The summed E-state index contributed by atoms with van der Waals surface area (Å²) in [5, 5.41) is 0. The molecule has 0 radical (unpaired) electrons. The molecule has 0 aromatic heterocycles. The standard InChI is InChI=1S/C25H44N2O2/c1-5-11-25(12-6-2)22(28-3)19-24(20-23(25)29-4)13-18-27(21-24)17-10-16-26-14-8-7-9-15-26/h19-20H,5-18,21H2,1-4H3. The van der Waals surface area contributed by atoms with Gasteiger partial charge in [0.25, 0.3) is 0 Å². The third-order valence-electron chi connectivity index (χ3n) is 7.38. The van der Waals surface area contributed by atoms with Gasteiger partial charge in [-0.05, 0) is 83.4 Å². The lowest BCUT2D eigenvalue weighted by Crippen LogP contribution is -2.37. The van der Waals surface area contributed by atoms with Crippen LogP contribution >= 0.6 is 0 Å². The molecule has 2 heterocycles. The van der Waals surface area contributed by atoms with Gasteiger partial charge in [0, 0.05) is 12.0 Å². The van der Waals surface area contributed by atoms with Gasteiger partial charge < -0.3 is 19.3 Å². The smallest absolute Gasteiger partial charge is 0.106 e. The first-order valence-electron chi connectivity index (χ1n) is 12.1. The van der Waals surface area contributed by atoms with Gasteiger partial charge >= 0.3 is 0 Å². The molecule has 4 heteroatoms. The Hall–Kier alpha value is -1.00. The van der Waals surface area contributed by atoms with E-state index >= 15 is 0 Å². The number of piperidine rings is 1. The summed E-state index contributed by atoms with van der Waals surface area (Å²) in [6.45, 7) is 11.9. The van der Waals surface area contributed by atoms with Crippen LogP contribution in [0.3, 0.4) is 0 Å². The molecule has 1 aliphatic carbocycles. The van der Waals surface area contributed by atoms with Crippen molar-refractivity contribution < 1.29 is 9.47 Å². The fraction of sp³-hybridized carbons (Fsp3) is 0.840. The maximum atomic E-state index is 6.04. The van der Waals surface area contributed by atoms with Crippen LogP contribution in [0.2, 0.25) is 0 Å². The molecule has 1 spiro atoms. The van der Waals surface area contributed by atoms with Crippen LogP contribution < -0.4 is 0 Å². The Labute approximate surface area is 179 Å². The highest BCUT2D eigenvalue weighted by Gasteiger charge is 2.48. The lowest BCUT2D eigenvalue weighted by atomic mass is 9.67. The molecule has 2 aliphatic heterocycles. The molecule has 0 atom stereocenters. The largest absolute Gasteiger partial charge is 0.500 e. The lowest BCUT2D eigenvalue weighted by Gasteiger charge is -2.42. The van der Waals surface area contributed by atoms with Gasteiger partial charge in [-0.25, -0.2) is 0 Å². The van der Waals surface area contributed by atoms with Gasteiger partial charge in [0.15, 0.2) is 0 Å². The van der Waals surface area contributed by atoms with Gasteiger partial charge in [0.1, 0.15) is 11.5 Å². The predicted octanol–water partition coefficient (Wildman–Crippen LogP) is 5.22. The van der Waals surface area contributed by atoms with Crippen molar-refractivity contribution in [1.82, 2.24) is 9.80 Å². The Kier molecular flexibility index (Phi) is 8.09. The summed E-state index contributed by atoms with van der Waals surface area (Å²) in [5.41, 5.74) is 0.00667. The zero-order valence-electron chi connectivity index (χ0n) is 19.5. The molecule has 0 saturated carbocycles. The lowest BCUT2D eigenvalue weighted by molar-refractivity contribution is 0.0936. The molecule has 3 rings (SSSR count). The van der Waals surface area contributed by atoms with E-state index in [0.29, 0.717) is 0 Å². The van der Waals surface area contributed by atoms with Crippen LogP contribution in [-0.2, 0) is 9.47 Å². The van der Waals surface area contributed by atoms with Crippen molar-refractivity contribution in [2.45, 2.75) is 71.6 Å². The Morgan fingerprint density at radius 2 is 1.41 bits per heavy atom. The minimum absolute atomic E-state index is 0.0695. The topological polar surface area (TPSA) is 24.9 Å². The second kappa shape index (κ2) is 10.3. The molecule has 0 amide bonds. The summed E-state index contributed by atoms with van der Waals surface area (Å²) in [6, 6.07) is 0. The Bertz CT molecular complexity index is 547. The molecule has 166 valence electrons. The molecule has 3 aliphatic rings. The summed E-state index contributed by atoms with van der Waals surface area (Å²) < 4.78 is 12.1. The van der Waals surface area contributed by atoms with E-state index in [-0.39, 0.29) is 10.8 Å². The zero-order chi connectivity index (χ0) is 20.7. The van der Waals surface area contributed by atoms with Crippen LogP contribution in [-0.4, -0.2) is 63.3 Å². The Morgan fingerprint density at radius 1 is 0.828 bits per heavy atom. The number of ether oxygens (including phenoxy) is 2. The number of likely N-dealkylation sites (tertiary alicyclic amines) is 2. The number of rotatable bonds is 10. The van der Waals surface area contributed by atoms with Gasteiger partial charge in [-0.1, -0.05) is 33.1 Å². The van der Waals surface area contributed by atoms with Gasteiger partial charge in [0.2, 0.25) is 0 Å². The van der Waals surface area contributed by atoms with Crippen LogP contribution in [0.15, 0.2) is 23.7 Å². The van der Waals surface area contributed by atoms with E-state index in [1.807, 2.05) is 14.2 Å². The van der Waals surface area contributed by atoms with E-state index in [4.69, 9.17) is 9.47 Å². The maximum Gasteiger partial charge on any atom is 0.106 e. The van der Waals surface area contributed by atoms with E-state index in [0.717, 1.165) is 43.7 Å². The van der Waals surface area contributed by atoms with Crippen molar-refractivity contribution in [3.63, 3.8) is 0 Å². The molecule has 0 N–H and O–H groups in total. The molecule has 0 aromatic rings. The zero-order valence-corrected chi connectivity index (χ0v) is 19.5. The minimum Gasteiger partial charge on any atom is -0.500 e. The van der Waals surface area contributed by atoms with Crippen LogP contribution in [0, 0.1) is 10.8 Å². The van der Waals surface area contributed by atoms with Gasteiger partial charge in [0.05, 0.1) is 19.6 Å². The van der Waals surface area contributed by atoms with Crippen LogP contribution in [0.4, 0.5) is 0 Å². The van der Waals surface area contributed by atoms with Gasteiger partial charge in [-0.3, -0.25) is 0 Å². The molecular weight excluding hydrogens is 360 g/mol. The SMILES string of the molecule is CCCC1(CCC)C(OC)=CC2(C=C1OC)CCN(CCCN1CCCCC1)C2. The highest BCUT2D eigenvalue weighted by molar-refractivity contribution is 5.35. The van der Waals surface area contributed by atoms with E-state index in [1.165, 1.54) is 64.8 Å². The van der Waals surface area contributed by atoms with Crippen molar-refractivity contribution in [2.75, 3.05) is 53.5 Å².